The molecular formula is C65H106O32. The summed E-state index contributed by atoms with van der Waals surface area (Å²) in [4.78, 5) is 14.4. The number of carbonyl (C=O) groups excluding carboxylic acids is 1. The molecule has 11 aliphatic rings. The number of methoxy groups -OCH3 is 2. The van der Waals surface area contributed by atoms with Crippen molar-refractivity contribution in [2.24, 2.45) is 45.8 Å². The van der Waals surface area contributed by atoms with Crippen molar-refractivity contribution in [3.63, 3.8) is 0 Å². The minimum absolute atomic E-state index is 0.00291. The minimum Gasteiger partial charge on any atom is -0.459 e. The van der Waals surface area contributed by atoms with Crippen LogP contribution in [-0.4, -0.2) is 325 Å². The van der Waals surface area contributed by atoms with E-state index in [1.54, 1.807) is 0 Å². The van der Waals surface area contributed by atoms with E-state index in [2.05, 4.69) is 47.6 Å². The summed E-state index contributed by atoms with van der Waals surface area (Å²) < 4.78 is 89.5. The van der Waals surface area contributed by atoms with E-state index in [1.807, 2.05) is 0 Å². The van der Waals surface area contributed by atoms with E-state index in [4.69, 9.17) is 71.1 Å². The van der Waals surface area contributed by atoms with Gasteiger partial charge in [0.15, 0.2) is 44.0 Å². The first-order valence-electron chi connectivity index (χ1n) is 34.4. The predicted molar refractivity (Wildman–Crippen MR) is 322 cm³/mol. The highest BCUT2D eigenvalue weighted by molar-refractivity contribution is 5.82. The topological polar surface area (TPSA) is 479 Å². The number of aliphatic hydroxyl groups excluding tert-OH is 16. The molecule has 0 aromatic heterocycles. The molecule has 32 heteroatoms. The molecule has 558 valence electrons. The molecular weight excluding hydrogens is 1290 g/mol. The normalized spacial score (nSPS) is 52.2. The summed E-state index contributed by atoms with van der Waals surface area (Å²) in [5.41, 5.74) is -0.751. The number of allylic oxidation sites excluding steroid dienone is 2. The molecule has 1 spiro atoms. The van der Waals surface area contributed by atoms with Crippen LogP contribution in [-0.2, 0) is 75.8 Å². The molecule has 37 atom stereocenters. The van der Waals surface area contributed by atoms with E-state index in [1.165, 1.54) is 12.7 Å². The maximum Gasteiger partial charge on any atom is 0.313 e. The fourth-order valence-corrected chi connectivity index (χ4v) is 18.6. The third-order valence-electron chi connectivity index (χ3n) is 23.9. The number of hydrogen-bond acceptors (Lipinski definition) is 32. The Hall–Kier alpha value is -1.99. The molecule has 97 heavy (non-hydrogen) atoms. The molecule has 0 radical (unpaired) electrons. The van der Waals surface area contributed by atoms with E-state index >= 15 is 0 Å². The molecule has 32 nitrogen and oxygen atoms in total. The molecule has 0 aromatic carbocycles. The zero-order valence-corrected chi connectivity index (χ0v) is 56.1. The predicted octanol–water partition coefficient (Wildman–Crippen LogP) is -4.47. The Morgan fingerprint density at radius 2 is 0.959 bits per heavy atom. The number of aliphatic hydroxyl groups is 16. The highest BCUT2D eigenvalue weighted by Gasteiger charge is 2.72. The summed E-state index contributed by atoms with van der Waals surface area (Å²) in [5, 5.41) is 178. The summed E-state index contributed by atoms with van der Waals surface area (Å²) in [6.07, 6.45) is -42.6. The van der Waals surface area contributed by atoms with Crippen LogP contribution in [0, 0.1) is 45.8 Å². The molecule has 0 bridgehead atoms. The van der Waals surface area contributed by atoms with E-state index < -0.39 is 234 Å². The Morgan fingerprint density at radius 1 is 0.495 bits per heavy atom. The third-order valence-corrected chi connectivity index (χ3v) is 23.9. The molecule has 11 rings (SSSR count). The van der Waals surface area contributed by atoms with Gasteiger partial charge in [-0.15, -0.1) is 0 Å². The number of hydrogen-bond donors (Lipinski definition) is 16. The average molecular weight is 1400 g/mol. The zero-order valence-electron chi connectivity index (χ0n) is 56.1. The lowest BCUT2D eigenvalue weighted by atomic mass is 9.44. The van der Waals surface area contributed by atoms with Crippen molar-refractivity contribution in [2.75, 3.05) is 47.3 Å². The number of cyclic esters (lactones) is 1. The lowest BCUT2D eigenvalue weighted by Gasteiger charge is -2.62. The minimum atomic E-state index is -2.21. The van der Waals surface area contributed by atoms with Crippen molar-refractivity contribution in [2.45, 2.75) is 296 Å². The van der Waals surface area contributed by atoms with E-state index in [9.17, 15) is 86.5 Å². The molecule has 16 N–H and O–H groups in total. The van der Waals surface area contributed by atoms with Crippen molar-refractivity contribution in [1.29, 1.82) is 0 Å². The Kier molecular flexibility index (Phi) is 23.7. The molecule has 7 aliphatic heterocycles. The molecule has 10 fully saturated rings. The van der Waals surface area contributed by atoms with Gasteiger partial charge in [-0.05, 0) is 99.2 Å². The number of rotatable bonds is 22. The summed E-state index contributed by atoms with van der Waals surface area (Å²) in [5.74, 6) is 0.878. The number of ether oxygens (including phenoxy) is 15. The lowest BCUT2D eigenvalue weighted by molar-refractivity contribution is -0.423. The summed E-state index contributed by atoms with van der Waals surface area (Å²) in [6.45, 7) is 9.11. The van der Waals surface area contributed by atoms with Crippen LogP contribution in [0.15, 0.2) is 11.6 Å². The first-order valence-corrected chi connectivity index (χ1v) is 34.4. The van der Waals surface area contributed by atoms with E-state index in [-0.39, 0.29) is 35.1 Å². The van der Waals surface area contributed by atoms with Gasteiger partial charge in [-0.1, -0.05) is 52.7 Å². The van der Waals surface area contributed by atoms with Gasteiger partial charge in [0.1, 0.15) is 140 Å². The third kappa shape index (κ3) is 13.7. The largest absolute Gasteiger partial charge is 0.459 e. The Labute approximate surface area is 562 Å². The Balaban J connectivity index is 0.846. The van der Waals surface area contributed by atoms with Crippen LogP contribution in [0.1, 0.15) is 106 Å². The molecule has 7 heterocycles. The highest BCUT2D eigenvalue weighted by Crippen LogP contribution is 2.71. The summed E-state index contributed by atoms with van der Waals surface area (Å²) in [7, 11) is 2.34. The van der Waals surface area contributed by atoms with Crippen LogP contribution < -0.4 is 0 Å². The molecule has 7 saturated heterocycles. The number of esters is 1. The van der Waals surface area contributed by atoms with Crippen LogP contribution in [0.4, 0.5) is 0 Å². The van der Waals surface area contributed by atoms with Crippen LogP contribution >= 0.6 is 0 Å². The standard InChI is InChI=1S/C65H106O32/c1-25(2)10-9-17-64(6)35-14-12-28-26-11-13-34-62(3,4)36(16-18-63(34,5)27(26)15-19-65(28,35)61(82)97-64)91-60-53(41(74)33(24-85-60)90-56-47(80)51(39(72)31(22-68)86-56)92-57-45(78)49(83-7)37(70)29(20-66)87-57)94-54-43(76)42(75)44(77)55(95-54)96-59-48(81)52(40(73)32(23-69)89-59)93-58-46(79)50(84-8)38(71)30(21-67)88-58/h15,25-26,28-60,66-81H,9-14,16-24H2,1-8H3/t26?,28?,29-,30-,31-,32-,33-,34?,35-,36+,37-,38-,39-,40-,41+,42-,43-,44+,45-,46-,47-,48-,49+,50+,51+,52+,53-,54-,55-,56+,57+,58+,59+,60+,63-,64+,65-/m1/s1. The second-order valence-corrected chi connectivity index (χ2v) is 30.1. The van der Waals surface area contributed by atoms with Crippen molar-refractivity contribution in [3.8, 4) is 0 Å². The second-order valence-electron chi connectivity index (χ2n) is 30.1. The van der Waals surface area contributed by atoms with Gasteiger partial charge in [-0.2, -0.15) is 0 Å². The fourth-order valence-electron chi connectivity index (χ4n) is 18.6. The van der Waals surface area contributed by atoms with Crippen LogP contribution in [0.2, 0.25) is 0 Å². The second kappa shape index (κ2) is 30.2. The zero-order chi connectivity index (χ0) is 70.3. The monoisotopic (exact) mass is 1400 g/mol. The van der Waals surface area contributed by atoms with Crippen molar-refractivity contribution in [3.05, 3.63) is 11.6 Å². The molecule has 3 unspecified atom stereocenters. The van der Waals surface area contributed by atoms with Gasteiger partial charge in [-0.3, -0.25) is 4.79 Å². The van der Waals surface area contributed by atoms with Gasteiger partial charge in [-0.25, -0.2) is 0 Å². The van der Waals surface area contributed by atoms with Crippen LogP contribution in [0.25, 0.3) is 0 Å². The summed E-state index contributed by atoms with van der Waals surface area (Å²) in [6, 6.07) is 0. The van der Waals surface area contributed by atoms with Gasteiger partial charge < -0.3 is 153 Å². The number of carbonyl (C=O) groups is 1. The van der Waals surface area contributed by atoms with Gasteiger partial charge in [0, 0.05) is 20.1 Å². The first-order chi connectivity index (χ1) is 46.0. The van der Waals surface area contributed by atoms with Crippen molar-refractivity contribution >= 4 is 5.97 Å². The smallest absolute Gasteiger partial charge is 0.313 e. The van der Waals surface area contributed by atoms with Crippen molar-refractivity contribution in [1.82, 2.24) is 0 Å². The molecule has 0 aromatic rings. The Bertz CT molecular complexity index is 2650. The first kappa shape index (κ1) is 76.1. The maximum absolute atomic E-state index is 14.4. The van der Waals surface area contributed by atoms with Gasteiger partial charge in [0.2, 0.25) is 0 Å². The Morgan fingerprint density at radius 3 is 1.47 bits per heavy atom. The van der Waals surface area contributed by atoms with Crippen molar-refractivity contribution < 1.29 is 158 Å². The molecule has 3 saturated carbocycles. The number of fused-ring (bicyclic) bond motifs is 4. The lowest BCUT2D eigenvalue weighted by Crippen LogP contribution is -2.67. The van der Waals surface area contributed by atoms with E-state index in [0.717, 1.165) is 52.1 Å². The molecule has 0 amide bonds. The van der Waals surface area contributed by atoms with E-state index in [0.29, 0.717) is 25.2 Å². The maximum atomic E-state index is 14.4. The van der Waals surface area contributed by atoms with Crippen LogP contribution in [0.5, 0.6) is 0 Å². The average Bonchev–Trinajstić information content (AvgIpc) is 1.54. The van der Waals surface area contributed by atoms with Gasteiger partial charge >= 0.3 is 5.97 Å². The van der Waals surface area contributed by atoms with Crippen LogP contribution in [0.3, 0.4) is 0 Å². The van der Waals surface area contributed by atoms with Gasteiger partial charge in [0.25, 0.3) is 0 Å². The van der Waals surface area contributed by atoms with Gasteiger partial charge in [0.05, 0.1) is 44.6 Å². The quantitative estimate of drug-likeness (QED) is 0.0276. The highest BCUT2D eigenvalue weighted by atomic mass is 16.8. The summed E-state index contributed by atoms with van der Waals surface area (Å²) >= 11 is 0. The SMILES string of the molecule is CO[C@@H]1[C@@H](O)[C@H](O[C@@H]2[C@@H](O)[C@H](O[C@H]3O[C@@H](O[C@H]4[C@H](O[C@H]5CC[C@]6(C)C7=CC[C@]89C(=O)O[C@@](C)(CCCC(C)C)[C@H]8CCC9C7CCC6C5(C)C)OC[C@@H](O[C@@H]5O[C@H](CO)[C@@H](O)[C@H](O[C@@H]6O[C@H](CO)[C@@H](O)[C@H](OC)[C@H]6O)[C@H]5O)[C@@H]4O)[C@H](O)[C@@H](O)[C@@H]3O)O[C@H](CO)[C@H]2O)O[C@H](CO)[C@H]1O. The molecule has 4 aliphatic carbocycles. The fraction of sp³-hybridized carbons (Fsp3) is 0.954.